The largest absolute Gasteiger partial charge is 0.447 e. The molecule has 6 rings (SSSR count). The molecule has 0 aliphatic carbocycles. The SMILES string of the molecule is C[Si](C)(C)c1cc2c(ccc3sc(C=Cc4cc5c(ccc6sc(SC(F)(F)F)cc65)s4)cc32)s1. The van der Waals surface area contributed by atoms with Gasteiger partial charge in [0.1, 0.15) is 0 Å². The summed E-state index contributed by atoms with van der Waals surface area (Å²) in [6, 6.07) is 16.9. The summed E-state index contributed by atoms with van der Waals surface area (Å²) in [7, 11) is -1.35. The maximum absolute atomic E-state index is 12.8. The zero-order valence-corrected chi connectivity index (χ0v) is 24.0. The van der Waals surface area contributed by atoms with Crippen LogP contribution in [0.4, 0.5) is 13.2 Å². The van der Waals surface area contributed by atoms with Crippen LogP contribution in [0.25, 0.3) is 52.5 Å². The molecule has 0 nitrogen and oxygen atoms in total. The molecule has 2 aromatic carbocycles. The molecule has 0 aliphatic heterocycles. The second kappa shape index (κ2) is 8.46. The van der Waals surface area contributed by atoms with Gasteiger partial charge in [0.15, 0.2) is 0 Å². The van der Waals surface area contributed by atoms with E-state index in [1.807, 2.05) is 23.5 Å². The lowest BCUT2D eigenvalue weighted by atomic mass is 10.1. The number of thioether (sulfide) groups is 1. The fraction of sp³-hybridized carbons (Fsp3) is 0.154. The summed E-state index contributed by atoms with van der Waals surface area (Å²) in [6.45, 7) is 7.17. The van der Waals surface area contributed by atoms with Gasteiger partial charge in [-0.3, -0.25) is 0 Å². The van der Waals surface area contributed by atoms with Gasteiger partial charge in [0.05, 0.1) is 12.3 Å². The molecule has 0 radical (unpaired) electrons. The highest BCUT2D eigenvalue weighted by Gasteiger charge is 2.30. The monoisotopic (exact) mass is 576 g/mol. The zero-order valence-electron chi connectivity index (χ0n) is 18.9. The van der Waals surface area contributed by atoms with E-state index in [4.69, 9.17) is 0 Å². The lowest BCUT2D eigenvalue weighted by Crippen LogP contribution is -2.34. The molecule has 4 heterocycles. The molecule has 4 aromatic heterocycles. The van der Waals surface area contributed by atoms with Crippen molar-refractivity contribution in [3.8, 4) is 0 Å². The number of hydrogen-bond acceptors (Lipinski definition) is 5. The van der Waals surface area contributed by atoms with E-state index in [2.05, 4.69) is 62.1 Å². The van der Waals surface area contributed by atoms with Crippen molar-refractivity contribution >= 4 is 122 Å². The summed E-state index contributed by atoms with van der Waals surface area (Å²) in [5, 5.41) is 4.59. The van der Waals surface area contributed by atoms with Gasteiger partial charge in [-0.05, 0) is 76.9 Å². The van der Waals surface area contributed by atoms with Gasteiger partial charge < -0.3 is 0 Å². The lowest BCUT2D eigenvalue weighted by molar-refractivity contribution is -0.0326. The van der Waals surface area contributed by atoms with E-state index in [-0.39, 0.29) is 16.0 Å². The molecule has 0 amide bonds. The maximum atomic E-state index is 12.8. The highest BCUT2D eigenvalue weighted by molar-refractivity contribution is 8.02. The van der Waals surface area contributed by atoms with Crippen molar-refractivity contribution in [2.75, 3.05) is 0 Å². The number of hydrogen-bond donors (Lipinski definition) is 0. The minimum atomic E-state index is -4.27. The van der Waals surface area contributed by atoms with Crippen LogP contribution in [-0.2, 0) is 0 Å². The molecule has 9 heteroatoms. The highest BCUT2D eigenvalue weighted by atomic mass is 32.2. The summed E-state index contributed by atoms with van der Waals surface area (Å²) in [5.41, 5.74) is -4.27. The number of fused-ring (bicyclic) bond motifs is 6. The first-order chi connectivity index (χ1) is 16.5. The normalized spacial score (nSPS) is 13.4. The van der Waals surface area contributed by atoms with Crippen LogP contribution in [0.1, 0.15) is 9.75 Å². The Labute approximate surface area is 221 Å². The van der Waals surface area contributed by atoms with Crippen molar-refractivity contribution in [2.24, 2.45) is 0 Å². The smallest absolute Gasteiger partial charge is 0.160 e. The Morgan fingerprint density at radius 2 is 1.11 bits per heavy atom. The Morgan fingerprint density at radius 1 is 0.657 bits per heavy atom. The van der Waals surface area contributed by atoms with E-state index in [0.717, 1.165) is 25.0 Å². The molecule has 0 saturated carbocycles. The van der Waals surface area contributed by atoms with Crippen molar-refractivity contribution in [1.29, 1.82) is 0 Å². The van der Waals surface area contributed by atoms with Crippen molar-refractivity contribution in [1.82, 2.24) is 0 Å². The first-order valence-electron chi connectivity index (χ1n) is 10.9. The summed E-state index contributed by atoms with van der Waals surface area (Å²) >= 11 is 6.56. The molecular formula is C26H19F3S5Si. The standard InChI is InChI=1S/C26H19F3S5Si/c1-35(2,3)25-13-19-17-11-15(31-21(17)7-9-23(19)33-25)5-4-14-10-16-18-12-24(34-26(27,28)29)32-22(18)8-6-20(16)30-14/h4-13H,1-3H3. The van der Waals surface area contributed by atoms with E-state index >= 15 is 0 Å². The number of alkyl halides is 3. The van der Waals surface area contributed by atoms with Crippen LogP contribution in [0.15, 0.2) is 52.7 Å². The zero-order chi connectivity index (χ0) is 24.5. The van der Waals surface area contributed by atoms with E-state index in [1.54, 1.807) is 28.7 Å². The summed E-state index contributed by atoms with van der Waals surface area (Å²) < 4.78 is 44.9. The number of rotatable bonds is 4. The molecule has 0 aliphatic rings. The van der Waals surface area contributed by atoms with E-state index in [9.17, 15) is 13.2 Å². The summed E-state index contributed by atoms with van der Waals surface area (Å²) in [6.07, 6.45) is 4.28. The Bertz CT molecular complexity index is 1750. The Balaban J connectivity index is 1.35. The molecule has 0 fully saturated rings. The Morgan fingerprint density at radius 3 is 1.63 bits per heavy atom. The predicted octanol–water partition coefficient (Wildman–Crippen LogP) is 10.9. The molecule has 0 spiro atoms. The molecule has 35 heavy (non-hydrogen) atoms. The fourth-order valence-electron chi connectivity index (χ4n) is 4.14. The van der Waals surface area contributed by atoms with E-state index < -0.39 is 13.6 Å². The van der Waals surface area contributed by atoms with Crippen molar-refractivity contribution in [3.05, 3.63) is 58.3 Å². The lowest BCUT2D eigenvalue weighted by Gasteiger charge is -2.11. The van der Waals surface area contributed by atoms with Crippen LogP contribution in [0.5, 0.6) is 0 Å². The van der Waals surface area contributed by atoms with E-state index in [0.29, 0.717) is 0 Å². The van der Waals surface area contributed by atoms with Crippen LogP contribution in [0.3, 0.4) is 0 Å². The fourth-order valence-corrected chi connectivity index (χ4v) is 11.0. The number of halogens is 3. The van der Waals surface area contributed by atoms with Crippen molar-refractivity contribution < 1.29 is 13.2 Å². The quantitative estimate of drug-likeness (QED) is 0.149. The van der Waals surface area contributed by atoms with Crippen LogP contribution in [0, 0.1) is 0 Å². The Kier molecular flexibility index (Phi) is 5.74. The molecule has 0 N–H and O–H groups in total. The van der Waals surface area contributed by atoms with Crippen molar-refractivity contribution in [3.63, 3.8) is 0 Å². The molecule has 178 valence electrons. The second-order valence-corrected chi connectivity index (χ2v) is 20.5. The summed E-state index contributed by atoms with van der Waals surface area (Å²) in [4.78, 5) is 2.30. The topological polar surface area (TPSA) is 0 Å². The van der Waals surface area contributed by atoms with Gasteiger partial charge in [-0.1, -0.05) is 19.6 Å². The average Bonchev–Trinajstić information content (AvgIpc) is 3.51. The van der Waals surface area contributed by atoms with Gasteiger partial charge >= 0.3 is 5.51 Å². The Hall–Kier alpha value is -1.62. The van der Waals surface area contributed by atoms with Gasteiger partial charge in [-0.2, -0.15) is 13.2 Å². The minimum absolute atomic E-state index is 0.0331. The van der Waals surface area contributed by atoms with Gasteiger partial charge in [-0.25, -0.2) is 0 Å². The minimum Gasteiger partial charge on any atom is -0.160 e. The molecular weight excluding hydrogens is 558 g/mol. The van der Waals surface area contributed by atoms with E-state index in [1.165, 1.54) is 40.9 Å². The first-order valence-corrected chi connectivity index (χ1v) is 18.5. The molecule has 0 saturated heterocycles. The molecule has 6 aromatic rings. The maximum Gasteiger partial charge on any atom is 0.447 e. The van der Waals surface area contributed by atoms with Crippen molar-refractivity contribution in [2.45, 2.75) is 29.4 Å². The molecule has 0 unspecified atom stereocenters. The van der Waals surface area contributed by atoms with Gasteiger partial charge in [0, 0.05) is 50.1 Å². The number of benzene rings is 2. The van der Waals surface area contributed by atoms with Gasteiger partial charge in [0.2, 0.25) is 0 Å². The van der Waals surface area contributed by atoms with Gasteiger partial charge in [0.25, 0.3) is 0 Å². The first kappa shape index (κ1) is 23.8. The van der Waals surface area contributed by atoms with Crippen LogP contribution >= 0.6 is 57.1 Å². The second-order valence-electron chi connectivity index (χ2n) is 9.38. The third kappa shape index (κ3) is 4.62. The predicted molar refractivity (Wildman–Crippen MR) is 158 cm³/mol. The van der Waals surface area contributed by atoms with Crippen LogP contribution in [0.2, 0.25) is 19.6 Å². The molecule has 0 bridgehead atoms. The average molecular weight is 577 g/mol. The summed E-state index contributed by atoms with van der Waals surface area (Å²) in [5.74, 6) is 0. The van der Waals surface area contributed by atoms with Crippen LogP contribution < -0.4 is 4.50 Å². The van der Waals surface area contributed by atoms with Gasteiger partial charge in [-0.15, -0.1) is 45.3 Å². The van der Waals surface area contributed by atoms with Crippen LogP contribution in [-0.4, -0.2) is 13.6 Å². The highest BCUT2D eigenvalue weighted by Crippen LogP contribution is 2.45. The number of thiophene rings is 4. The molecule has 0 atom stereocenters. The third-order valence-corrected chi connectivity index (χ3v) is 14.5. The third-order valence-electron chi connectivity index (χ3n) is 5.78.